The Labute approximate surface area is 69.3 Å². The molecule has 2 unspecified atom stereocenters. The van der Waals surface area contributed by atoms with Crippen LogP contribution in [0.15, 0.2) is 0 Å². The van der Waals surface area contributed by atoms with E-state index in [1.807, 2.05) is 0 Å². The van der Waals surface area contributed by atoms with E-state index in [1.54, 1.807) is 0 Å². The van der Waals surface area contributed by atoms with E-state index in [0.29, 0.717) is 12.1 Å². The maximum absolute atomic E-state index is 5.56. The van der Waals surface area contributed by atoms with Crippen LogP contribution in [0, 0.1) is 0 Å². The van der Waals surface area contributed by atoms with Crippen LogP contribution in [0.4, 0.5) is 0 Å². The molecule has 1 fully saturated rings. The Balaban J connectivity index is 2.21. The third-order valence-corrected chi connectivity index (χ3v) is 2.32. The summed E-state index contributed by atoms with van der Waals surface area (Å²) >= 11 is 0. The first-order valence-electron chi connectivity index (χ1n) is 4.71. The third-order valence-electron chi connectivity index (χ3n) is 2.32. The highest BCUT2D eigenvalue weighted by Crippen LogP contribution is 2.15. The van der Waals surface area contributed by atoms with Crippen LogP contribution in [0.1, 0.15) is 33.1 Å². The van der Waals surface area contributed by atoms with Gasteiger partial charge < -0.3 is 10.1 Å². The van der Waals surface area contributed by atoms with E-state index in [-0.39, 0.29) is 0 Å². The molecule has 1 rings (SSSR count). The summed E-state index contributed by atoms with van der Waals surface area (Å²) in [6.45, 7) is 6.38. The summed E-state index contributed by atoms with van der Waals surface area (Å²) in [5, 5.41) is 3.47. The molecule has 0 bridgehead atoms. The monoisotopic (exact) mass is 157 g/mol. The summed E-state index contributed by atoms with van der Waals surface area (Å²) in [6, 6.07) is 0.707. The van der Waals surface area contributed by atoms with Crippen LogP contribution in [-0.4, -0.2) is 25.3 Å². The van der Waals surface area contributed by atoms with Crippen LogP contribution < -0.4 is 5.32 Å². The van der Waals surface area contributed by atoms with Crippen LogP contribution in [0.5, 0.6) is 0 Å². The second-order valence-electron chi connectivity index (χ2n) is 3.18. The Morgan fingerprint density at radius 2 is 2.27 bits per heavy atom. The van der Waals surface area contributed by atoms with Gasteiger partial charge in [0.05, 0.1) is 6.10 Å². The van der Waals surface area contributed by atoms with Crippen molar-refractivity contribution in [3.05, 3.63) is 0 Å². The smallest absolute Gasteiger partial charge is 0.0587 e. The second-order valence-corrected chi connectivity index (χ2v) is 3.18. The molecule has 2 atom stereocenters. The molecule has 1 aliphatic rings. The van der Waals surface area contributed by atoms with Gasteiger partial charge in [-0.15, -0.1) is 0 Å². The van der Waals surface area contributed by atoms with Crippen LogP contribution in [-0.2, 0) is 4.74 Å². The Morgan fingerprint density at radius 3 is 2.91 bits per heavy atom. The predicted octanol–water partition coefficient (Wildman–Crippen LogP) is 1.55. The Bertz CT molecular complexity index is 104. The fourth-order valence-corrected chi connectivity index (χ4v) is 1.64. The van der Waals surface area contributed by atoms with E-state index in [0.717, 1.165) is 19.6 Å². The Morgan fingerprint density at radius 1 is 1.45 bits per heavy atom. The highest BCUT2D eigenvalue weighted by Gasteiger charge is 2.19. The molecule has 1 saturated heterocycles. The molecule has 2 heteroatoms. The molecule has 1 heterocycles. The Hall–Kier alpha value is -0.0800. The topological polar surface area (TPSA) is 21.3 Å². The number of hydrogen-bond donors (Lipinski definition) is 1. The van der Waals surface area contributed by atoms with Crippen LogP contribution in [0.2, 0.25) is 0 Å². The maximum Gasteiger partial charge on any atom is 0.0587 e. The largest absolute Gasteiger partial charge is 0.378 e. The van der Waals surface area contributed by atoms with E-state index in [4.69, 9.17) is 4.74 Å². The van der Waals surface area contributed by atoms with E-state index in [9.17, 15) is 0 Å². The molecular formula is C9H19NO. The fourth-order valence-electron chi connectivity index (χ4n) is 1.64. The molecule has 0 aliphatic carbocycles. The van der Waals surface area contributed by atoms with Crippen molar-refractivity contribution in [2.75, 3.05) is 13.2 Å². The first-order valence-corrected chi connectivity index (χ1v) is 4.71. The van der Waals surface area contributed by atoms with E-state index in [2.05, 4.69) is 19.2 Å². The number of rotatable bonds is 3. The molecule has 1 aliphatic heterocycles. The van der Waals surface area contributed by atoms with Gasteiger partial charge in [-0.1, -0.05) is 13.8 Å². The van der Waals surface area contributed by atoms with Crippen molar-refractivity contribution in [1.82, 2.24) is 5.32 Å². The number of nitrogens with one attached hydrogen (secondary N) is 1. The third kappa shape index (κ3) is 2.80. The zero-order valence-electron chi connectivity index (χ0n) is 7.60. The van der Waals surface area contributed by atoms with Crippen LogP contribution in [0.3, 0.4) is 0 Å². The zero-order valence-corrected chi connectivity index (χ0v) is 7.60. The first kappa shape index (κ1) is 9.01. The van der Waals surface area contributed by atoms with E-state index in [1.165, 1.54) is 12.8 Å². The van der Waals surface area contributed by atoms with Gasteiger partial charge in [-0.2, -0.15) is 0 Å². The Kier molecular flexibility index (Phi) is 3.87. The van der Waals surface area contributed by atoms with Crippen LogP contribution >= 0.6 is 0 Å². The van der Waals surface area contributed by atoms with Gasteiger partial charge in [-0.3, -0.25) is 0 Å². The standard InChI is InChI=1S/C9H19NO/c1-3-9-7-8(10-4-2)5-6-11-9/h8-10H,3-7H2,1-2H3. The summed E-state index contributed by atoms with van der Waals surface area (Å²) in [5.74, 6) is 0. The van der Waals surface area contributed by atoms with Crippen molar-refractivity contribution in [2.24, 2.45) is 0 Å². The van der Waals surface area contributed by atoms with Gasteiger partial charge >= 0.3 is 0 Å². The molecular weight excluding hydrogens is 138 g/mol. The average Bonchev–Trinajstić information content (AvgIpc) is 2.06. The number of hydrogen-bond acceptors (Lipinski definition) is 2. The van der Waals surface area contributed by atoms with Crippen molar-refractivity contribution in [3.63, 3.8) is 0 Å². The minimum absolute atomic E-state index is 0.507. The maximum atomic E-state index is 5.56. The summed E-state index contributed by atoms with van der Waals surface area (Å²) < 4.78 is 5.56. The molecule has 0 aromatic heterocycles. The van der Waals surface area contributed by atoms with E-state index < -0.39 is 0 Å². The lowest BCUT2D eigenvalue weighted by molar-refractivity contribution is 0.000304. The normalized spacial score (nSPS) is 32.2. The summed E-state index contributed by atoms with van der Waals surface area (Å²) in [4.78, 5) is 0. The zero-order chi connectivity index (χ0) is 8.10. The first-order chi connectivity index (χ1) is 5.36. The summed E-state index contributed by atoms with van der Waals surface area (Å²) in [5.41, 5.74) is 0. The van der Waals surface area contributed by atoms with Gasteiger partial charge in [0.25, 0.3) is 0 Å². The highest BCUT2D eigenvalue weighted by molar-refractivity contribution is 4.75. The van der Waals surface area contributed by atoms with Crippen molar-refractivity contribution >= 4 is 0 Å². The summed E-state index contributed by atoms with van der Waals surface area (Å²) in [7, 11) is 0. The molecule has 0 saturated carbocycles. The van der Waals surface area contributed by atoms with Gasteiger partial charge in [0.15, 0.2) is 0 Å². The van der Waals surface area contributed by atoms with Gasteiger partial charge in [-0.25, -0.2) is 0 Å². The van der Waals surface area contributed by atoms with Gasteiger partial charge in [0, 0.05) is 12.6 Å². The van der Waals surface area contributed by atoms with E-state index >= 15 is 0 Å². The summed E-state index contributed by atoms with van der Waals surface area (Å²) in [6.07, 6.45) is 4.05. The van der Waals surface area contributed by atoms with Gasteiger partial charge in [0.1, 0.15) is 0 Å². The number of ether oxygens (including phenoxy) is 1. The molecule has 66 valence electrons. The minimum Gasteiger partial charge on any atom is -0.378 e. The lowest BCUT2D eigenvalue weighted by atomic mass is 10.0. The predicted molar refractivity (Wildman–Crippen MR) is 46.7 cm³/mol. The van der Waals surface area contributed by atoms with Crippen LogP contribution in [0.25, 0.3) is 0 Å². The molecule has 1 N–H and O–H groups in total. The molecule has 0 aromatic rings. The molecule has 2 nitrogen and oxygen atoms in total. The lowest BCUT2D eigenvalue weighted by Gasteiger charge is -2.29. The highest BCUT2D eigenvalue weighted by atomic mass is 16.5. The fraction of sp³-hybridized carbons (Fsp3) is 1.00. The minimum atomic E-state index is 0.507. The molecule has 11 heavy (non-hydrogen) atoms. The molecule has 0 radical (unpaired) electrons. The molecule has 0 aromatic carbocycles. The SMILES string of the molecule is CCNC1CCOC(CC)C1. The molecule has 0 amide bonds. The average molecular weight is 157 g/mol. The van der Waals surface area contributed by atoms with Gasteiger partial charge in [0.2, 0.25) is 0 Å². The molecule has 0 spiro atoms. The lowest BCUT2D eigenvalue weighted by Crippen LogP contribution is -2.38. The van der Waals surface area contributed by atoms with Crippen molar-refractivity contribution in [2.45, 2.75) is 45.3 Å². The van der Waals surface area contributed by atoms with Gasteiger partial charge in [-0.05, 0) is 25.8 Å². The van der Waals surface area contributed by atoms with Crippen molar-refractivity contribution in [1.29, 1.82) is 0 Å². The van der Waals surface area contributed by atoms with Crippen molar-refractivity contribution < 1.29 is 4.74 Å². The van der Waals surface area contributed by atoms with Crippen molar-refractivity contribution in [3.8, 4) is 0 Å². The quantitative estimate of drug-likeness (QED) is 0.671. The second kappa shape index (κ2) is 4.73.